The van der Waals surface area contributed by atoms with Gasteiger partial charge in [0.1, 0.15) is 0 Å². The predicted octanol–water partition coefficient (Wildman–Crippen LogP) is 4.00. The molecule has 1 heterocycles. The van der Waals surface area contributed by atoms with Crippen LogP contribution >= 0.6 is 54.8 Å². The van der Waals surface area contributed by atoms with Gasteiger partial charge in [0.05, 0.1) is 23.7 Å². The molecule has 0 radical (unpaired) electrons. The van der Waals surface area contributed by atoms with Gasteiger partial charge in [0.2, 0.25) is 0 Å². The number of halogens is 3. The summed E-state index contributed by atoms with van der Waals surface area (Å²) in [5.74, 6) is -0.895. The van der Waals surface area contributed by atoms with Gasteiger partial charge in [0, 0.05) is 0 Å². The van der Waals surface area contributed by atoms with Crippen molar-refractivity contribution < 1.29 is 9.59 Å². The maximum Gasteiger partial charge on any atom is 0.271 e. The van der Waals surface area contributed by atoms with Gasteiger partial charge in [-0.3, -0.25) is 20.4 Å². The van der Waals surface area contributed by atoms with Crippen LogP contribution in [-0.2, 0) is 0 Å². The van der Waals surface area contributed by atoms with Crippen LogP contribution in [0, 0.1) is 0 Å². The second-order valence-electron chi connectivity index (χ2n) is 3.63. The van der Waals surface area contributed by atoms with Crippen LogP contribution in [0.1, 0.15) is 20.7 Å². The zero-order valence-corrected chi connectivity index (χ0v) is 14.5. The summed E-state index contributed by atoms with van der Waals surface area (Å²) in [5.41, 5.74) is 5.38. The van der Waals surface area contributed by atoms with E-state index in [9.17, 15) is 9.59 Å². The van der Waals surface area contributed by atoms with Gasteiger partial charge in [-0.15, -0.1) is 11.3 Å². The van der Waals surface area contributed by atoms with Crippen LogP contribution in [0.4, 0.5) is 0 Å². The number of rotatable bonds is 2. The molecule has 0 aliphatic heterocycles. The van der Waals surface area contributed by atoms with Crippen molar-refractivity contribution >= 4 is 66.6 Å². The summed E-state index contributed by atoms with van der Waals surface area (Å²) in [6.45, 7) is 0. The highest BCUT2D eigenvalue weighted by molar-refractivity contribution is 9.12. The van der Waals surface area contributed by atoms with E-state index >= 15 is 0 Å². The van der Waals surface area contributed by atoms with E-state index in [-0.39, 0.29) is 0 Å². The van der Waals surface area contributed by atoms with Gasteiger partial charge in [-0.05, 0) is 50.1 Å². The maximum atomic E-state index is 11.9. The highest BCUT2D eigenvalue weighted by Gasteiger charge is 2.15. The van der Waals surface area contributed by atoms with Crippen LogP contribution < -0.4 is 10.9 Å². The lowest BCUT2D eigenvalue weighted by Gasteiger charge is -2.07. The number of carbonyl (C=O) groups excluding carboxylic acids is 2. The molecule has 0 aliphatic carbocycles. The van der Waals surface area contributed by atoms with Crippen molar-refractivity contribution in [2.75, 3.05) is 0 Å². The number of hydrogen-bond donors (Lipinski definition) is 2. The summed E-state index contributed by atoms with van der Waals surface area (Å²) in [7, 11) is 0. The molecule has 4 nitrogen and oxygen atoms in total. The third-order valence-corrected chi connectivity index (χ3v) is 4.98. The van der Waals surface area contributed by atoms with Crippen molar-refractivity contribution in [2.24, 2.45) is 0 Å². The van der Waals surface area contributed by atoms with Crippen LogP contribution in [-0.4, -0.2) is 11.8 Å². The average molecular weight is 439 g/mol. The Morgan fingerprint density at radius 2 is 1.65 bits per heavy atom. The molecule has 2 N–H and O–H groups in total. The Balaban J connectivity index is 2.02. The van der Waals surface area contributed by atoms with Crippen LogP contribution in [0.25, 0.3) is 0 Å². The van der Waals surface area contributed by atoms with Gasteiger partial charge in [0.25, 0.3) is 11.8 Å². The van der Waals surface area contributed by atoms with Crippen LogP contribution in [0.3, 0.4) is 0 Å². The quantitative estimate of drug-likeness (QED) is 0.697. The van der Waals surface area contributed by atoms with E-state index in [0.29, 0.717) is 19.9 Å². The third-order valence-electron chi connectivity index (χ3n) is 2.31. The number of nitrogens with one attached hydrogen (secondary N) is 2. The maximum absolute atomic E-state index is 11.9. The van der Waals surface area contributed by atoms with Gasteiger partial charge in [-0.1, -0.05) is 23.7 Å². The smallest absolute Gasteiger partial charge is 0.267 e. The van der Waals surface area contributed by atoms with Gasteiger partial charge < -0.3 is 0 Å². The van der Waals surface area contributed by atoms with Crippen molar-refractivity contribution in [1.82, 2.24) is 10.9 Å². The fraction of sp³-hybridized carbons (Fsp3) is 0. The Kier molecular flexibility index (Phi) is 5.20. The van der Waals surface area contributed by atoms with E-state index in [2.05, 4.69) is 42.7 Å². The van der Waals surface area contributed by atoms with E-state index in [4.69, 9.17) is 11.6 Å². The zero-order valence-electron chi connectivity index (χ0n) is 9.75. The molecule has 104 valence electrons. The summed E-state index contributed by atoms with van der Waals surface area (Å²) < 4.78 is 1.49. The highest BCUT2D eigenvalue weighted by atomic mass is 79.9. The first-order chi connectivity index (χ1) is 9.49. The fourth-order valence-electron chi connectivity index (χ4n) is 1.39. The Morgan fingerprint density at radius 3 is 2.20 bits per heavy atom. The standard InChI is InChI=1S/C12H7Br2ClN2O2S/c13-9-5-7(10(14)20-9)12(19)17-16-11(18)6-3-1-2-4-8(6)15/h1-5H,(H,16,18)(H,17,19). The number of hydrazine groups is 1. The van der Waals surface area contributed by atoms with E-state index in [1.165, 1.54) is 11.3 Å². The second kappa shape index (κ2) is 6.71. The van der Waals surface area contributed by atoms with Crippen LogP contribution in [0.5, 0.6) is 0 Å². The second-order valence-corrected chi connectivity index (χ2v) is 7.78. The van der Waals surface area contributed by atoms with Crippen molar-refractivity contribution in [3.05, 3.63) is 54.1 Å². The lowest BCUT2D eigenvalue weighted by atomic mass is 10.2. The molecule has 0 spiro atoms. The van der Waals surface area contributed by atoms with Gasteiger partial charge >= 0.3 is 0 Å². The molecule has 0 bridgehead atoms. The number of hydrogen-bond acceptors (Lipinski definition) is 3. The first-order valence-electron chi connectivity index (χ1n) is 5.29. The first-order valence-corrected chi connectivity index (χ1v) is 8.07. The number of thiophene rings is 1. The Bertz CT molecular complexity index is 675. The normalized spacial score (nSPS) is 10.2. The third kappa shape index (κ3) is 3.60. The molecule has 2 aromatic rings. The van der Waals surface area contributed by atoms with Crippen molar-refractivity contribution in [3.63, 3.8) is 0 Å². The first kappa shape index (κ1) is 15.5. The highest BCUT2D eigenvalue weighted by Crippen LogP contribution is 2.31. The zero-order chi connectivity index (χ0) is 14.7. The molecular weight excluding hydrogens is 431 g/mol. The minimum atomic E-state index is -0.477. The molecule has 0 atom stereocenters. The van der Waals surface area contributed by atoms with Gasteiger partial charge in [-0.2, -0.15) is 0 Å². The average Bonchev–Trinajstić information content (AvgIpc) is 2.75. The van der Waals surface area contributed by atoms with Crippen molar-refractivity contribution in [3.8, 4) is 0 Å². The molecule has 1 aromatic heterocycles. The number of carbonyl (C=O) groups is 2. The lowest BCUT2D eigenvalue weighted by molar-refractivity contribution is 0.0846. The molecule has 2 rings (SSSR count). The summed E-state index contributed by atoms with van der Waals surface area (Å²) in [6.07, 6.45) is 0. The summed E-state index contributed by atoms with van der Waals surface area (Å²) in [5, 5.41) is 0.318. The van der Waals surface area contributed by atoms with Crippen molar-refractivity contribution in [1.29, 1.82) is 0 Å². The minimum absolute atomic E-state index is 0.292. The molecule has 0 saturated heterocycles. The Labute approximate surface area is 140 Å². The molecular formula is C12H7Br2ClN2O2S. The van der Waals surface area contributed by atoms with Gasteiger partial charge in [-0.25, -0.2) is 0 Å². The molecule has 8 heteroatoms. The molecule has 2 amide bonds. The SMILES string of the molecule is O=C(NNC(=O)c1cc(Br)sc1Br)c1ccccc1Cl. The molecule has 1 aromatic carbocycles. The Hall–Kier alpha value is -0.890. The largest absolute Gasteiger partial charge is 0.271 e. The summed E-state index contributed by atoms with van der Waals surface area (Å²) in [4.78, 5) is 23.8. The monoisotopic (exact) mass is 436 g/mol. The molecule has 0 unspecified atom stereocenters. The lowest BCUT2D eigenvalue weighted by Crippen LogP contribution is -2.41. The minimum Gasteiger partial charge on any atom is -0.267 e. The molecule has 20 heavy (non-hydrogen) atoms. The number of amides is 2. The van der Waals surface area contributed by atoms with Crippen LogP contribution in [0.2, 0.25) is 5.02 Å². The topological polar surface area (TPSA) is 58.2 Å². The molecule has 0 fully saturated rings. The van der Waals surface area contributed by atoms with Gasteiger partial charge in [0.15, 0.2) is 0 Å². The van der Waals surface area contributed by atoms with E-state index in [1.54, 1.807) is 30.3 Å². The van der Waals surface area contributed by atoms with Crippen molar-refractivity contribution in [2.45, 2.75) is 0 Å². The summed E-state index contributed by atoms with van der Waals surface area (Å²) >= 11 is 13.8. The predicted molar refractivity (Wildman–Crippen MR) is 86.1 cm³/mol. The Morgan fingerprint density at radius 1 is 1.05 bits per heavy atom. The van der Waals surface area contributed by atoms with E-state index < -0.39 is 11.8 Å². The molecule has 0 aliphatic rings. The van der Waals surface area contributed by atoms with E-state index in [1.807, 2.05) is 0 Å². The fourth-order valence-corrected chi connectivity index (χ4v) is 4.40. The summed E-state index contributed by atoms with van der Waals surface area (Å²) in [6, 6.07) is 8.24. The van der Waals surface area contributed by atoms with Crippen LogP contribution in [0.15, 0.2) is 37.9 Å². The molecule has 0 saturated carbocycles. The van der Waals surface area contributed by atoms with E-state index in [0.717, 1.165) is 3.79 Å². The number of benzene rings is 1.